The minimum absolute atomic E-state index is 0.0537. The molecule has 2 atom stereocenters. The van der Waals surface area contributed by atoms with Crippen molar-refractivity contribution < 1.29 is 57.3 Å². The van der Waals surface area contributed by atoms with Gasteiger partial charge in [-0.2, -0.15) is 0 Å². The van der Waals surface area contributed by atoms with Crippen molar-refractivity contribution in [2.24, 2.45) is 0 Å². The van der Waals surface area contributed by atoms with Crippen LogP contribution in [0, 0.1) is 13.8 Å². The van der Waals surface area contributed by atoms with Crippen LogP contribution in [0.1, 0.15) is 38.8 Å². The largest absolute Gasteiger partial charge is 0.482 e. The summed E-state index contributed by atoms with van der Waals surface area (Å²) < 4.78 is 20.8. The van der Waals surface area contributed by atoms with Gasteiger partial charge >= 0.3 is 23.8 Å². The number of hydrogen-bond acceptors (Lipinski definition) is 10. The van der Waals surface area contributed by atoms with E-state index >= 15 is 0 Å². The van der Waals surface area contributed by atoms with Gasteiger partial charge in [-0.25, -0.2) is 19.2 Å². The van der Waals surface area contributed by atoms with Crippen LogP contribution in [0.4, 0.5) is 0 Å². The molecule has 0 saturated carbocycles. The highest BCUT2D eigenvalue weighted by atomic mass is 35.5. The number of halogens is 2. The summed E-state index contributed by atoms with van der Waals surface area (Å²) in [5, 5.41) is 22.6. The summed E-state index contributed by atoms with van der Waals surface area (Å²) in [7, 11) is 0. The van der Waals surface area contributed by atoms with E-state index < -0.39 is 36.0 Å². The zero-order valence-corrected chi connectivity index (χ0v) is 31.2. The number of rotatable bonds is 20. The number of aliphatic hydroxyl groups is 2. The fraction of sp³-hybridized carbons (Fsp3) is 0.500. The second-order valence-electron chi connectivity index (χ2n) is 12.0. The first-order chi connectivity index (χ1) is 23.6. The van der Waals surface area contributed by atoms with E-state index in [1.807, 2.05) is 0 Å². The standard InChI is InChI=1S/C36H50Cl2N2O10/c1-7-39(8-2,19-27(41)21-49-35(45)23-47-29-11-13-31(37)25(5)17-29)33(43)15-16-34(44)40(9-3,10-4)20-28(42)22-50-36(46)24-48-30-12-14-32(38)26(6)18-30/h11-18,27-28,41-42H,7-10,19-24H2,1-6H3/q+2/b16-15-. The quantitative estimate of drug-likeness (QED) is 0.115. The van der Waals surface area contributed by atoms with Crippen LogP contribution in [0.5, 0.6) is 11.5 Å². The highest BCUT2D eigenvalue weighted by Gasteiger charge is 2.37. The lowest BCUT2D eigenvalue weighted by molar-refractivity contribution is -0.853. The van der Waals surface area contributed by atoms with E-state index in [-0.39, 0.29) is 48.5 Å². The van der Waals surface area contributed by atoms with E-state index in [0.717, 1.165) is 11.1 Å². The molecule has 2 aromatic carbocycles. The average molecular weight is 742 g/mol. The highest BCUT2D eigenvalue weighted by molar-refractivity contribution is 6.31. The number of benzene rings is 2. The van der Waals surface area contributed by atoms with Gasteiger partial charge in [0, 0.05) is 10.0 Å². The number of carbonyl (C=O) groups excluding carboxylic acids is 4. The summed E-state index contributed by atoms with van der Waals surface area (Å²) in [6.07, 6.45) is 0.0569. The maximum Gasteiger partial charge on any atom is 0.344 e. The Labute approximate surface area is 304 Å². The van der Waals surface area contributed by atoms with Crippen molar-refractivity contribution in [2.75, 3.05) is 65.7 Å². The lowest BCUT2D eigenvalue weighted by Gasteiger charge is -2.35. The summed E-state index contributed by atoms with van der Waals surface area (Å²) in [6.45, 7) is 10.5. The fourth-order valence-electron chi connectivity index (χ4n) is 5.30. The van der Waals surface area contributed by atoms with E-state index in [9.17, 15) is 29.4 Å². The van der Waals surface area contributed by atoms with Gasteiger partial charge in [-0.1, -0.05) is 23.2 Å². The molecule has 12 nitrogen and oxygen atoms in total. The number of hydrogen-bond donors (Lipinski definition) is 2. The van der Waals surface area contributed by atoms with Crippen LogP contribution >= 0.6 is 23.2 Å². The molecule has 2 aromatic rings. The maximum atomic E-state index is 13.5. The molecule has 0 aromatic heterocycles. The molecule has 0 aliphatic heterocycles. The predicted molar refractivity (Wildman–Crippen MR) is 189 cm³/mol. The van der Waals surface area contributed by atoms with Crippen molar-refractivity contribution >= 4 is 47.0 Å². The number of amides is 2. The molecule has 0 aliphatic carbocycles. The number of likely N-dealkylation sites (N-methyl/N-ethyl adjacent to an activating group) is 2. The van der Waals surface area contributed by atoms with Gasteiger partial charge in [0.05, 0.1) is 38.3 Å². The van der Waals surface area contributed by atoms with Gasteiger partial charge in [-0.05, 0) is 89.1 Å². The molecule has 14 heteroatoms. The SMILES string of the molecule is CC[N+](CC)(CC(O)COC(=O)COc1ccc(Cl)c(C)c1)C(=O)/C=C\C(=O)[N+](CC)(CC)CC(O)COC(=O)COc1ccc(Cl)c(C)c1. The normalized spacial score (nSPS) is 13.1. The van der Waals surface area contributed by atoms with Crippen LogP contribution in [-0.2, 0) is 28.7 Å². The Morgan fingerprint density at radius 1 is 0.660 bits per heavy atom. The second-order valence-corrected chi connectivity index (χ2v) is 12.8. The minimum Gasteiger partial charge on any atom is -0.482 e. The minimum atomic E-state index is -1.16. The highest BCUT2D eigenvalue weighted by Crippen LogP contribution is 2.22. The number of ether oxygens (including phenoxy) is 4. The third-order valence-corrected chi connectivity index (χ3v) is 9.54. The van der Waals surface area contributed by atoms with Gasteiger partial charge < -0.3 is 29.2 Å². The molecule has 0 heterocycles. The second kappa shape index (κ2) is 20.4. The van der Waals surface area contributed by atoms with E-state index in [0.29, 0.717) is 47.7 Å². The Balaban J connectivity index is 1.93. The van der Waals surface area contributed by atoms with Crippen molar-refractivity contribution in [1.82, 2.24) is 0 Å². The fourth-order valence-corrected chi connectivity index (χ4v) is 5.53. The van der Waals surface area contributed by atoms with Crippen LogP contribution in [-0.4, -0.2) is 121 Å². The van der Waals surface area contributed by atoms with Crippen LogP contribution in [0.25, 0.3) is 0 Å². The molecule has 2 amide bonds. The van der Waals surface area contributed by atoms with Crippen LogP contribution < -0.4 is 9.47 Å². The monoisotopic (exact) mass is 740 g/mol. The third kappa shape index (κ3) is 12.7. The van der Waals surface area contributed by atoms with Crippen molar-refractivity contribution in [3.05, 3.63) is 69.7 Å². The van der Waals surface area contributed by atoms with Crippen LogP contribution in [0.2, 0.25) is 10.0 Å². The summed E-state index contributed by atoms with van der Waals surface area (Å²) in [4.78, 5) is 51.4. The Bertz CT molecular complexity index is 1380. The van der Waals surface area contributed by atoms with Gasteiger partial charge in [0.25, 0.3) is 0 Å². The summed E-state index contributed by atoms with van der Waals surface area (Å²) in [5.41, 5.74) is 1.58. The molecule has 0 radical (unpaired) electrons. The molecule has 0 spiro atoms. The summed E-state index contributed by atoms with van der Waals surface area (Å²) >= 11 is 12.0. The molecule has 0 bridgehead atoms. The first-order valence-electron chi connectivity index (χ1n) is 16.6. The van der Waals surface area contributed by atoms with Crippen molar-refractivity contribution in [2.45, 2.75) is 53.8 Å². The number of aliphatic hydroxyl groups excluding tert-OH is 2. The van der Waals surface area contributed by atoms with E-state index in [1.54, 1.807) is 77.9 Å². The molecule has 2 unspecified atom stereocenters. The van der Waals surface area contributed by atoms with Crippen molar-refractivity contribution in [1.29, 1.82) is 0 Å². The first kappa shape index (κ1) is 42.6. The topological polar surface area (TPSA) is 146 Å². The first-order valence-corrected chi connectivity index (χ1v) is 17.3. The van der Waals surface area contributed by atoms with Gasteiger partial charge in [0.1, 0.15) is 50.0 Å². The predicted octanol–water partition coefficient (Wildman–Crippen LogP) is 4.20. The number of carbonyl (C=O) groups is 4. The third-order valence-electron chi connectivity index (χ3n) is 8.69. The molecule has 0 saturated heterocycles. The van der Waals surface area contributed by atoms with Gasteiger partial charge in [0.2, 0.25) is 0 Å². The molecular formula is C36H50Cl2N2O10+2. The van der Waals surface area contributed by atoms with E-state index in [1.165, 1.54) is 12.2 Å². The Morgan fingerprint density at radius 3 is 1.30 bits per heavy atom. The molecule has 2 N–H and O–H groups in total. The summed E-state index contributed by atoms with van der Waals surface area (Å²) in [5.74, 6) is -1.31. The van der Waals surface area contributed by atoms with Gasteiger partial charge in [-0.15, -0.1) is 0 Å². The molecule has 0 fully saturated rings. The maximum absolute atomic E-state index is 13.5. The van der Waals surface area contributed by atoms with E-state index in [2.05, 4.69) is 0 Å². The number of nitrogens with zero attached hydrogens (tertiary/aromatic N) is 2. The zero-order chi connectivity index (χ0) is 37.5. The van der Waals surface area contributed by atoms with Gasteiger partial charge in [-0.3, -0.25) is 8.97 Å². The summed E-state index contributed by atoms with van der Waals surface area (Å²) in [6, 6.07) is 9.94. The lowest BCUT2D eigenvalue weighted by Crippen LogP contribution is -2.57. The number of aryl methyl sites for hydroxylation is 2. The number of quaternary nitrogens is 2. The number of esters is 2. The smallest absolute Gasteiger partial charge is 0.344 e. The molecule has 50 heavy (non-hydrogen) atoms. The molecule has 276 valence electrons. The average Bonchev–Trinajstić information content (AvgIpc) is 3.10. The van der Waals surface area contributed by atoms with Gasteiger partial charge in [0.15, 0.2) is 13.2 Å². The Morgan fingerprint density at radius 2 is 1.00 bits per heavy atom. The Kier molecular flexibility index (Phi) is 17.4. The zero-order valence-electron chi connectivity index (χ0n) is 29.7. The van der Waals surface area contributed by atoms with Crippen molar-refractivity contribution in [3.63, 3.8) is 0 Å². The molecular weight excluding hydrogens is 691 g/mol. The molecule has 2 rings (SSSR count). The van der Waals surface area contributed by atoms with Crippen LogP contribution in [0.3, 0.4) is 0 Å². The lowest BCUT2D eigenvalue weighted by atomic mass is 10.2. The van der Waals surface area contributed by atoms with E-state index in [4.69, 9.17) is 42.1 Å². The van der Waals surface area contributed by atoms with Crippen molar-refractivity contribution in [3.8, 4) is 11.5 Å². The Hall–Kier alpha value is -3.52. The van der Waals surface area contributed by atoms with Crippen LogP contribution in [0.15, 0.2) is 48.6 Å². The molecule has 0 aliphatic rings.